The van der Waals surface area contributed by atoms with E-state index in [1.54, 1.807) is 19.2 Å². The summed E-state index contributed by atoms with van der Waals surface area (Å²) in [4.78, 5) is 4.20. The molecule has 2 rings (SSSR count). The minimum Gasteiger partial charge on any atom is -0.373 e. The number of halogens is 1. The van der Waals surface area contributed by atoms with E-state index in [-0.39, 0.29) is 23.1 Å². The molecule has 0 saturated heterocycles. The highest BCUT2D eigenvalue weighted by molar-refractivity contribution is 5.63. The van der Waals surface area contributed by atoms with E-state index in [1.165, 1.54) is 12.1 Å². The van der Waals surface area contributed by atoms with Crippen LogP contribution in [0, 0.1) is 17.1 Å². The molecular weight excluding hydrogens is 261 g/mol. The second-order valence-corrected chi connectivity index (χ2v) is 4.24. The van der Waals surface area contributed by atoms with Gasteiger partial charge in [0.1, 0.15) is 23.6 Å². The van der Waals surface area contributed by atoms with Gasteiger partial charge in [-0.05, 0) is 18.6 Å². The number of nitriles is 1. The van der Waals surface area contributed by atoms with Crippen LogP contribution < -0.4 is 0 Å². The Balaban J connectivity index is 2.39. The fourth-order valence-electron chi connectivity index (χ4n) is 1.91. The SMILES string of the molecule is CCCC(OC)c1noc(-c2cccc(F)c2C#N)n1. The summed E-state index contributed by atoms with van der Waals surface area (Å²) in [6, 6.07) is 6.09. The number of benzene rings is 1. The van der Waals surface area contributed by atoms with Gasteiger partial charge in [0.05, 0.1) is 5.56 Å². The fraction of sp³-hybridized carbons (Fsp3) is 0.357. The number of methoxy groups -OCH3 is 1. The van der Waals surface area contributed by atoms with Gasteiger partial charge in [-0.2, -0.15) is 10.2 Å². The monoisotopic (exact) mass is 275 g/mol. The molecular formula is C14H14FN3O2. The molecule has 1 atom stereocenters. The van der Waals surface area contributed by atoms with E-state index in [2.05, 4.69) is 10.1 Å². The largest absolute Gasteiger partial charge is 0.373 e. The highest BCUT2D eigenvalue weighted by Gasteiger charge is 2.20. The highest BCUT2D eigenvalue weighted by Crippen LogP contribution is 2.26. The molecule has 6 heteroatoms. The molecule has 0 aliphatic rings. The predicted molar refractivity (Wildman–Crippen MR) is 69.1 cm³/mol. The summed E-state index contributed by atoms with van der Waals surface area (Å²) in [6.45, 7) is 2.02. The lowest BCUT2D eigenvalue weighted by atomic mass is 10.1. The van der Waals surface area contributed by atoms with Crippen molar-refractivity contribution >= 4 is 0 Å². The van der Waals surface area contributed by atoms with Crippen LogP contribution in [0.2, 0.25) is 0 Å². The maximum absolute atomic E-state index is 13.6. The number of hydrogen-bond acceptors (Lipinski definition) is 5. The topological polar surface area (TPSA) is 71.9 Å². The van der Waals surface area contributed by atoms with E-state index in [0.29, 0.717) is 5.82 Å². The third-order valence-electron chi connectivity index (χ3n) is 2.92. The van der Waals surface area contributed by atoms with E-state index < -0.39 is 5.82 Å². The van der Waals surface area contributed by atoms with Crippen LogP contribution in [0.25, 0.3) is 11.5 Å². The van der Waals surface area contributed by atoms with Crippen molar-refractivity contribution < 1.29 is 13.7 Å². The van der Waals surface area contributed by atoms with Crippen molar-refractivity contribution in [3.8, 4) is 17.5 Å². The standard InChI is InChI=1S/C14H14FN3O2/c1-3-5-12(19-2)13-17-14(20-18-13)9-6-4-7-11(15)10(9)8-16/h4,6-7,12H,3,5H2,1-2H3. The first-order valence-corrected chi connectivity index (χ1v) is 6.26. The summed E-state index contributed by atoms with van der Waals surface area (Å²) >= 11 is 0. The van der Waals surface area contributed by atoms with Crippen molar-refractivity contribution in [2.45, 2.75) is 25.9 Å². The van der Waals surface area contributed by atoms with Gasteiger partial charge in [-0.15, -0.1) is 0 Å². The summed E-state index contributed by atoms with van der Waals surface area (Å²) < 4.78 is 24.0. The molecule has 0 aliphatic carbocycles. The van der Waals surface area contributed by atoms with E-state index in [1.807, 2.05) is 6.92 Å². The summed E-state index contributed by atoms with van der Waals surface area (Å²) in [5, 5.41) is 12.8. The Morgan fingerprint density at radius 3 is 2.95 bits per heavy atom. The first-order chi connectivity index (χ1) is 9.71. The number of ether oxygens (including phenoxy) is 1. The van der Waals surface area contributed by atoms with Gasteiger partial charge in [-0.1, -0.05) is 24.6 Å². The maximum atomic E-state index is 13.6. The molecule has 0 spiro atoms. The zero-order chi connectivity index (χ0) is 14.5. The first-order valence-electron chi connectivity index (χ1n) is 6.26. The molecule has 0 amide bonds. The van der Waals surface area contributed by atoms with Gasteiger partial charge in [0.15, 0.2) is 0 Å². The van der Waals surface area contributed by atoms with Crippen LogP contribution in [0.3, 0.4) is 0 Å². The first kappa shape index (κ1) is 14.2. The van der Waals surface area contributed by atoms with Gasteiger partial charge in [-0.3, -0.25) is 0 Å². The van der Waals surface area contributed by atoms with E-state index >= 15 is 0 Å². The number of aromatic nitrogens is 2. The molecule has 104 valence electrons. The van der Waals surface area contributed by atoms with Crippen LogP contribution >= 0.6 is 0 Å². The molecule has 0 radical (unpaired) electrons. The molecule has 0 fully saturated rings. The fourth-order valence-corrected chi connectivity index (χ4v) is 1.91. The minimum atomic E-state index is -0.610. The highest BCUT2D eigenvalue weighted by atomic mass is 19.1. The van der Waals surface area contributed by atoms with Gasteiger partial charge in [0.2, 0.25) is 5.82 Å². The Kier molecular flexibility index (Phi) is 4.43. The average Bonchev–Trinajstić information content (AvgIpc) is 2.93. The Morgan fingerprint density at radius 2 is 2.30 bits per heavy atom. The predicted octanol–water partition coefficient (Wildman–Crippen LogP) is 3.23. The van der Waals surface area contributed by atoms with Gasteiger partial charge in [0, 0.05) is 7.11 Å². The molecule has 0 N–H and O–H groups in total. The van der Waals surface area contributed by atoms with Crippen molar-refractivity contribution in [1.82, 2.24) is 10.1 Å². The van der Waals surface area contributed by atoms with Crippen molar-refractivity contribution in [2.24, 2.45) is 0 Å². The van der Waals surface area contributed by atoms with Crippen molar-refractivity contribution in [1.29, 1.82) is 5.26 Å². The van der Waals surface area contributed by atoms with E-state index in [4.69, 9.17) is 14.5 Å². The average molecular weight is 275 g/mol. The Hall–Kier alpha value is -2.26. The molecule has 5 nitrogen and oxygen atoms in total. The van der Waals surface area contributed by atoms with Crippen LogP contribution in [-0.4, -0.2) is 17.3 Å². The van der Waals surface area contributed by atoms with Crippen LogP contribution in [-0.2, 0) is 4.74 Å². The molecule has 1 unspecified atom stereocenters. The molecule has 1 heterocycles. The Bertz CT molecular complexity index is 634. The van der Waals surface area contributed by atoms with E-state index in [0.717, 1.165) is 12.8 Å². The number of nitrogens with zero attached hydrogens (tertiary/aromatic N) is 3. The summed E-state index contributed by atoms with van der Waals surface area (Å²) in [7, 11) is 1.57. The quantitative estimate of drug-likeness (QED) is 0.837. The van der Waals surface area contributed by atoms with Crippen molar-refractivity contribution in [3.05, 3.63) is 35.4 Å². The Morgan fingerprint density at radius 1 is 1.50 bits per heavy atom. The lowest BCUT2D eigenvalue weighted by molar-refractivity contribution is 0.0854. The molecule has 0 bridgehead atoms. The molecule has 1 aromatic heterocycles. The molecule has 1 aromatic carbocycles. The van der Waals surface area contributed by atoms with Gasteiger partial charge < -0.3 is 9.26 Å². The van der Waals surface area contributed by atoms with Crippen LogP contribution in [0.1, 0.15) is 37.3 Å². The van der Waals surface area contributed by atoms with Crippen molar-refractivity contribution in [2.75, 3.05) is 7.11 Å². The maximum Gasteiger partial charge on any atom is 0.259 e. The van der Waals surface area contributed by atoms with E-state index in [9.17, 15) is 4.39 Å². The number of rotatable bonds is 5. The zero-order valence-corrected chi connectivity index (χ0v) is 11.3. The summed E-state index contributed by atoms with van der Waals surface area (Å²) in [5.41, 5.74) is 0.185. The van der Waals surface area contributed by atoms with Crippen LogP contribution in [0.15, 0.2) is 22.7 Å². The smallest absolute Gasteiger partial charge is 0.259 e. The zero-order valence-electron chi connectivity index (χ0n) is 11.3. The van der Waals surface area contributed by atoms with Crippen LogP contribution in [0.5, 0.6) is 0 Å². The lowest BCUT2D eigenvalue weighted by Gasteiger charge is -2.08. The normalized spacial score (nSPS) is 12.1. The van der Waals surface area contributed by atoms with Crippen LogP contribution in [0.4, 0.5) is 4.39 Å². The minimum absolute atomic E-state index is 0.104. The van der Waals surface area contributed by atoms with Gasteiger partial charge in [0.25, 0.3) is 5.89 Å². The molecule has 0 aliphatic heterocycles. The van der Waals surface area contributed by atoms with Gasteiger partial charge in [-0.25, -0.2) is 4.39 Å². The summed E-state index contributed by atoms with van der Waals surface area (Å²) in [5.74, 6) is -0.0895. The second-order valence-electron chi connectivity index (χ2n) is 4.24. The molecule has 2 aromatic rings. The molecule has 0 saturated carbocycles. The number of hydrogen-bond donors (Lipinski definition) is 0. The second kappa shape index (κ2) is 6.26. The lowest BCUT2D eigenvalue weighted by Crippen LogP contribution is -2.03. The van der Waals surface area contributed by atoms with Crippen molar-refractivity contribution in [3.63, 3.8) is 0 Å². The molecule has 20 heavy (non-hydrogen) atoms. The third kappa shape index (κ3) is 2.68. The van der Waals surface area contributed by atoms with Gasteiger partial charge >= 0.3 is 0 Å². The third-order valence-corrected chi connectivity index (χ3v) is 2.92. The Labute approximate surface area is 116 Å². The summed E-state index contributed by atoms with van der Waals surface area (Å²) in [6.07, 6.45) is 1.40.